The lowest BCUT2D eigenvalue weighted by molar-refractivity contribution is -0.119. The summed E-state index contributed by atoms with van der Waals surface area (Å²) >= 11 is 3.01. The van der Waals surface area contributed by atoms with E-state index in [-0.39, 0.29) is 24.5 Å². The summed E-state index contributed by atoms with van der Waals surface area (Å²) < 4.78 is 13.0. The minimum atomic E-state index is -0.0419. The Bertz CT molecular complexity index is 1240. The number of thioether (sulfide) groups is 1. The Morgan fingerprint density at radius 1 is 1.12 bits per heavy atom. The summed E-state index contributed by atoms with van der Waals surface area (Å²) in [6, 6.07) is 19.8. The zero-order chi connectivity index (χ0) is 22.6. The molecule has 1 atom stereocenters. The fourth-order valence-corrected chi connectivity index (χ4v) is 5.07. The Morgan fingerprint density at radius 2 is 1.97 bits per heavy atom. The van der Waals surface area contributed by atoms with Crippen molar-refractivity contribution in [2.75, 3.05) is 12.5 Å². The van der Waals surface area contributed by atoms with E-state index in [9.17, 15) is 4.79 Å². The molecule has 0 radical (unpaired) electrons. The molecule has 1 aliphatic rings. The lowest BCUT2D eigenvalue weighted by Gasteiger charge is -2.13. The molecule has 0 unspecified atom stereocenters. The molecule has 0 saturated carbocycles. The van der Waals surface area contributed by atoms with E-state index in [4.69, 9.17) is 9.47 Å². The maximum atomic E-state index is 12.6. The van der Waals surface area contributed by atoms with Gasteiger partial charge in [0.1, 0.15) is 0 Å². The van der Waals surface area contributed by atoms with Crippen LogP contribution in [-0.4, -0.2) is 33.2 Å². The molecule has 0 spiro atoms. The van der Waals surface area contributed by atoms with Crippen LogP contribution in [-0.2, 0) is 11.3 Å². The van der Waals surface area contributed by atoms with Crippen LogP contribution in [0.4, 0.5) is 0 Å². The van der Waals surface area contributed by atoms with Crippen molar-refractivity contribution in [1.82, 2.24) is 20.1 Å². The van der Waals surface area contributed by atoms with Crippen LogP contribution in [0.2, 0.25) is 0 Å². The Hall–Kier alpha value is -3.30. The second-order valence-corrected chi connectivity index (χ2v) is 9.46. The normalized spacial score (nSPS) is 13.1. The zero-order valence-corrected chi connectivity index (χ0v) is 19.6. The van der Waals surface area contributed by atoms with Crippen molar-refractivity contribution in [3.05, 3.63) is 76.5 Å². The highest BCUT2D eigenvalue weighted by Crippen LogP contribution is 2.33. The van der Waals surface area contributed by atoms with Crippen molar-refractivity contribution < 1.29 is 14.3 Å². The summed E-state index contributed by atoms with van der Waals surface area (Å²) in [7, 11) is 0. The number of hydrogen-bond donors (Lipinski definition) is 1. The van der Waals surface area contributed by atoms with Gasteiger partial charge in [-0.25, -0.2) is 0 Å². The Balaban J connectivity index is 1.35. The van der Waals surface area contributed by atoms with E-state index in [2.05, 4.69) is 15.5 Å². The number of fused-ring (bicyclic) bond motifs is 1. The third-order valence-corrected chi connectivity index (χ3v) is 7.23. The van der Waals surface area contributed by atoms with Crippen molar-refractivity contribution in [2.45, 2.75) is 24.7 Å². The van der Waals surface area contributed by atoms with Gasteiger partial charge in [0.05, 0.1) is 18.3 Å². The Labute approximate surface area is 199 Å². The Kier molecular flexibility index (Phi) is 6.32. The number of nitrogens with zero attached hydrogens (tertiary/aromatic N) is 3. The summed E-state index contributed by atoms with van der Waals surface area (Å²) in [5.74, 6) is 2.45. The number of hydrogen-bond acceptors (Lipinski definition) is 7. The molecular formula is C24H22N4O3S2. The highest BCUT2D eigenvalue weighted by Gasteiger charge is 2.19. The second-order valence-electron chi connectivity index (χ2n) is 7.54. The number of ether oxygens (including phenoxy) is 2. The van der Waals surface area contributed by atoms with E-state index in [1.807, 2.05) is 77.5 Å². The first kappa shape index (κ1) is 21.5. The summed E-state index contributed by atoms with van der Waals surface area (Å²) in [5.41, 5.74) is 2.00. The summed E-state index contributed by atoms with van der Waals surface area (Å²) in [6.07, 6.45) is 0. The summed E-state index contributed by atoms with van der Waals surface area (Å²) in [5, 5.41) is 14.6. The number of carbonyl (C=O) groups excluding carboxylic acids is 1. The molecule has 9 heteroatoms. The van der Waals surface area contributed by atoms with Crippen LogP contribution in [0.15, 0.2) is 71.2 Å². The third kappa shape index (κ3) is 4.89. The van der Waals surface area contributed by atoms with Gasteiger partial charge >= 0.3 is 0 Å². The monoisotopic (exact) mass is 478 g/mol. The van der Waals surface area contributed by atoms with Crippen LogP contribution in [0, 0.1) is 0 Å². The van der Waals surface area contributed by atoms with Gasteiger partial charge in [-0.15, -0.1) is 21.5 Å². The van der Waals surface area contributed by atoms with E-state index >= 15 is 0 Å². The van der Waals surface area contributed by atoms with E-state index in [1.165, 1.54) is 11.8 Å². The SMILES string of the molecule is C[C@@H](NC(=O)CSc1nnc(-c2ccccc2)n1Cc1ccc2c(c1)OCO2)c1cccs1. The molecular weight excluding hydrogens is 456 g/mol. The second kappa shape index (κ2) is 9.68. The highest BCUT2D eigenvalue weighted by molar-refractivity contribution is 7.99. The van der Waals surface area contributed by atoms with Crippen LogP contribution in [0.3, 0.4) is 0 Å². The standard InChI is InChI=1S/C24H22N4O3S2/c1-16(21-8-5-11-32-21)25-22(29)14-33-24-27-26-23(18-6-3-2-4-7-18)28(24)13-17-9-10-19-20(12-17)31-15-30-19/h2-12,16H,13-15H2,1H3,(H,25,29)/t16-/m1/s1. The van der Waals surface area contributed by atoms with Crippen LogP contribution in [0.5, 0.6) is 11.5 Å². The van der Waals surface area contributed by atoms with Gasteiger partial charge in [0.25, 0.3) is 0 Å². The van der Waals surface area contributed by atoms with E-state index in [1.54, 1.807) is 11.3 Å². The maximum Gasteiger partial charge on any atom is 0.231 e. The number of carbonyl (C=O) groups is 1. The third-order valence-electron chi connectivity index (χ3n) is 5.21. The van der Waals surface area contributed by atoms with Gasteiger partial charge in [-0.3, -0.25) is 9.36 Å². The van der Waals surface area contributed by atoms with Gasteiger partial charge in [-0.05, 0) is 36.1 Å². The topological polar surface area (TPSA) is 78.3 Å². The molecule has 5 rings (SSSR count). The molecule has 1 N–H and O–H groups in total. The van der Waals surface area contributed by atoms with Crippen molar-refractivity contribution >= 4 is 29.0 Å². The molecule has 7 nitrogen and oxygen atoms in total. The van der Waals surface area contributed by atoms with Crippen LogP contribution >= 0.6 is 23.1 Å². The smallest absolute Gasteiger partial charge is 0.231 e. The van der Waals surface area contributed by atoms with Gasteiger partial charge in [0.15, 0.2) is 22.5 Å². The minimum absolute atomic E-state index is 0.0236. The molecule has 1 amide bonds. The first-order valence-corrected chi connectivity index (χ1v) is 12.4. The number of amides is 1. The largest absolute Gasteiger partial charge is 0.454 e. The molecule has 0 bridgehead atoms. The van der Waals surface area contributed by atoms with Crippen LogP contribution in [0.25, 0.3) is 11.4 Å². The fraction of sp³-hybridized carbons (Fsp3) is 0.208. The highest BCUT2D eigenvalue weighted by atomic mass is 32.2. The lowest BCUT2D eigenvalue weighted by atomic mass is 10.2. The molecule has 2 aromatic heterocycles. The number of benzene rings is 2. The average Bonchev–Trinajstić information content (AvgIpc) is 3.59. The lowest BCUT2D eigenvalue weighted by Crippen LogP contribution is -2.27. The van der Waals surface area contributed by atoms with Gasteiger partial charge in [0, 0.05) is 10.4 Å². The average molecular weight is 479 g/mol. The zero-order valence-electron chi connectivity index (χ0n) is 17.9. The van der Waals surface area contributed by atoms with E-state index in [0.717, 1.165) is 33.3 Å². The number of thiophene rings is 1. The maximum absolute atomic E-state index is 12.6. The molecule has 0 aliphatic carbocycles. The van der Waals surface area contributed by atoms with Crippen molar-refractivity contribution in [3.8, 4) is 22.9 Å². The van der Waals surface area contributed by atoms with Gasteiger partial charge < -0.3 is 14.8 Å². The molecule has 4 aromatic rings. The predicted octanol–water partition coefficient (Wildman–Crippen LogP) is 4.75. The summed E-state index contributed by atoms with van der Waals surface area (Å²) in [6.45, 7) is 2.77. The van der Waals surface area contributed by atoms with Gasteiger partial charge in [0.2, 0.25) is 12.7 Å². The van der Waals surface area contributed by atoms with E-state index in [0.29, 0.717) is 11.7 Å². The summed E-state index contributed by atoms with van der Waals surface area (Å²) in [4.78, 5) is 13.7. The molecule has 2 aromatic carbocycles. The first-order valence-electron chi connectivity index (χ1n) is 10.5. The predicted molar refractivity (Wildman–Crippen MR) is 129 cm³/mol. The molecule has 3 heterocycles. The van der Waals surface area contributed by atoms with Crippen molar-refractivity contribution in [2.24, 2.45) is 0 Å². The fourth-order valence-electron chi connectivity index (χ4n) is 3.58. The first-order chi connectivity index (χ1) is 16.2. The van der Waals surface area contributed by atoms with Gasteiger partial charge in [-0.2, -0.15) is 0 Å². The van der Waals surface area contributed by atoms with Gasteiger partial charge in [-0.1, -0.05) is 54.2 Å². The minimum Gasteiger partial charge on any atom is -0.454 e. The van der Waals surface area contributed by atoms with E-state index < -0.39 is 0 Å². The number of aromatic nitrogens is 3. The quantitative estimate of drug-likeness (QED) is 0.368. The van der Waals surface area contributed by atoms with Crippen LogP contribution in [0.1, 0.15) is 23.4 Å². The molecule has 168 valence electrons. The molecule has 33 heavy (non-hydrogen) atoms. The molecule has 0 saturated heterocycles. The number of rotatable bonds is 8. The molecule has 1 aliphatic heterocycles. The Morgan fingerprint density at radius 3 is 2.79 bits per heavy atom. The number of nitrogens with one attached hydrogen (secondary N) is 1. The van der Waals surface area contributed by atoms with Crippen molar-refractivity contribution in [3.63, 3.8) is 0 Å². The van der Waals surface area contributed by atoms with Crippen molar-refractivity contribution in [1.29, 1.82) is 0 Å². The van der Waals surface area contributed by atoms with Crippen LogP contribution < -0.4 is 14.8 Å². The molecule has 0 fully saturated rings.